The Morgan fingerprint density at radius 2 is 1.75 bits per heavy atom. The number of amides is 1. The Bertz CT molecular complexity index is 1420. The van der Waals surface area contributed by atoms with Gasteiger partial charge in [0.2, 0.25) is 5.91 Å². The average molecular weight is 473 g/mol. The van der Waals surface area contributed by atoms with Crippen LogP contribution in [0.25, 0.3) is 10.8 Å². The first kappa shape index (κ1) is 25.2. The van der Waals surface area contributed by atoms with Crippen LogP contribution in [-0.2, 0) is 14.9 Å². The number of aryl methyl sites for hydroxylation is 2. The molecule has 8 heteroatoms. The highest BCUT2D eigenvalue weighted by Crippen LogP contribution is 2.26. The van der Waals surface area contributed by atoms with E-state index in [-0.39, 0.29) is 12.5 Å². The molecule has 3 aromatic carbocycles. The summed E-state index contributed by atoms with van der Waals surface area (Å²) in [6, 6.07) is 19.5. The van der Waals surface area contributed by atoms with E-state index in [0.29, 0.717) is 22.4 Å². The number of esters is 1. The molecule has 4 rings (SSSR count). The fraction of sp³-hybridized carbons (Fsp3) is 0.179. The predicted molar refractivity (Wildman–Crippen MR) is 143 cm³/mol. The van der Waals surface area contributed by atoms with Gasteiger partial charge in [-0.15, -0.1) is 0 Å². The van der Waals surface area contributed by atoms with Crippen LogP contribution in [0.4, 0.5) is 5.69 Å². The molecule has 36 heavy (non-hydrogen) atoms. The molecule has 176 valence electrons. The Hall–Kier alpha value is -3.90. The molecule has 0 aliphatic rings. The lowest BCUT2D eigenvalue weighted by atomic mass is 9.61. The Labute approximate surface area is 213 Å². The minimum Gasteiger partial charge on any atom is -0.471 e. The number of fused-ring (bicyclic) bond motifs is 1. The van der Waals surface area contributed by atoms with E-state index < -0.39 is 17.3 Å². The van der Waals surface area contributed by atoms with E-state index in [2.05, 4.69) is 10.3 Å². The molecule has 0 fully saturated rings. The molecule has 0 spiro atoms. The van der Waals surface area contributed by atoms with Gasteiger partial charge in [-0.2, -0.15) is 0 Å². The van der Waals surface area contributed by atoms with Crippen LogP contribution in [0.3, 0.4) is 0 Å². The quantitative estimate of drug-likeness (QED) is 0.315. The second-order valence-corrected chi connectivity index (χ2v) is 8.84. The minimum atomic E-state index is -1.85. The maximum Gasteiger partial charge on any atom is 0.337 e. The van der Waals surface area contributed by atoms with Crippen molar-refractivity contribution in [3.63, 3.8) is 0 Å². The maximum absolute atomic E-state index is 13.0. The third kappa shape index (κ3) is 5.50. The lowest BCUT2D eigenvalue weighted by Gasteiger charge is -2.28. The number of ether oxygens (including phenoxy) is 1. The first-order valence-corrected chi connectivity index (χ1v) is 11.5. The molecule has 0 saturated carbocycles. The number of pyridine rings is 1. The zero-order chi connectivity index (χ0) is 25.9. The Morgan fingerprint density at radius 1 is 1.00 bits per heavy atom. The lowest BCUT2D eigenvalue weighted by Crippen LogP contribution is -2.34. The number of aromatic nitrogens is 1. The van der Waals surface area contributed by atoms with Crippen molar-refractivity contribution in [3.05, 3.63) is 107 Å². The van der Waals surface area contributed by atoms with E-state index in [1.165, 1.54) is 0 Å². The Morgan fingerprint density at radius 3 is 2.44 bits per heavy atom. The molecular weight excluding hydrogens is 448 g/mol. The fourth-order valence-corrected chi connectivity index (χ4v) is 4.07. The van der Waals surface area contributed by atoms with E-state index in [1.807, 2.05) is 50.2 Å². The number of nitrogens with one attached hydrogen (secondary N) is 1. The highest BCUT2D eigenvalue weighted by atomic mass is 16.5. The number of carbonyl (C=O) groups excluding carboxylic acids is 2. The van der Waals surface area contributed by atoms with Crippen LogP contribution in [0.15, 0.2) is 79.1 Å². The summed E-state index contributed by atoms with van der Waals surface area (Å²) in [5, 5.41) is 3.02. The van der Waals surface area contributed by atoms with Crippen LogP contribution in [0.1, 0.15) is 38.5 Å². The van der Waals surface area contributed by atoms with E-state index in [1.54, 1.807) is 42.7 Å². The fourth-order valence-electron chi connectivity index (χ4n) is 4.07. The van der Waals surface area contributed by atoms with Gasteiger partial charge in [0, 0.05) is 30.0 Å². The van der Waals surface area contributed by atoms with Gasteiger partial charge >= 0.3 is 5.97 Å². The molecule has 4 radical (unpaired) electrons. The second kappa shape index (κ2) is 10.4. The third-order valence-corrected chi connectivity index (χ3v) is 6.09. The number of nitrogens with two attached hydrogens (primary N) is 1. The zero-order valence-electron chi connectivity index (χ0n) is 20.2. The third-order valence-electron chi connectivity index (χ3n) is 6.09. The van der Waals surface area contributed by atoms with Crippen molar-refractivity contribution in [1.29, 1.82) is 0 Å². The van der Waals surface area contributed by atoms with E-state index in [9.17, 15) is 9.59 Å². The van der Waals surface area contributed by atoms with Crippen molar-refractivity contribution >= 4 is 44.0 Å². The summed E-state index contributed by atoms with van der Waals surface area (Å²) >= 11 is 0. The highest BCUT2D eigenvalue weighted by Gasteiger charge is 2.27. The van der Waals surface area contributed by atoms with Crippen LogP contribution in [0, 0.1) is 13.8 Å². The molecule has 0 aliphatic carbocycles. The Kier molecular flexibility index (Phi) is 7.27. The van der Waals surface area contributed by atoms with E-state index in [4.69, 9.17) is 26.2 Å². The van der Waals surface area contributed by atoms with Crippen molar-refractivity contribution in [3.8, 4) is 0 Å². The lowest BCUT2D eigenvalue weighted by molar-refractivity contribution is -0.117. The number of hydrogen-bond acceptors (Lipinski definition) is 5. The van der Waals surface area contributed by atoms with E-state index >= 15 is 0 Å². The van der Waals surface area contributed by atoms with Gasteiger partial charge in [-0.25, -0.2) is 4.79 Å². The molecule has 0 bridgehead atoms. The molecule has 1 atom stereocenters. The summed E-state index contributed by atoms with van der Waals surface area (Å²) in [4.78, 5) is 29.8. The number of nitrogens with zero attached hydrogens (tertiary/aromatic N) is 1. The number of benzene rings is 3. The predicted octanol–water partition coefficient (Wildman–Crippen LogP) is 3.84. The van der Waals surface area contributed by atoms with Crippen molar-refractivity contribution in [1.82, 2.24) is 4.98 Å². The zero-order valence-corrected chi connectivity index (χ0v) is 20.2. The van der Waals surface area contributed by atoms with Crippen molar-refractivity contribution in [2.45, 2.75) is 25.2 Å². The van der Waals surface area contributed by atoms with Gasteiger partial charge in [-0.3, -0.25) is 9.78 Å². The van der Waals surface area contributed by atoms with Gasteiger partial charge in [-0.05, 0) is 60.2 Å². The van der Waals surface area contributed by atoms with Gasteiger partial charge in [0.1, 0.15) is 15.7 Å². The molecule has 1 amide bonds. The first-order chi connectivity index (χ1) is 17.2. The molecule has 3 N–H and O–H groups in total. The summed E-state index contributed by atoms with van der Waals surface area (Å²) in [6.45, 7) is 3.86. The summed E-state index contributed by atoms with van der Waals surface area (Å²) in [7, 11) is 12.3. The van der Waals surface area contributed by atoms with Gasteiger partial charge < -0.3 is 15.8 Å². The van der Waals surface area contributed by atoms with Gasteiger partial charge in [-0.1, -0.05) is 48.0 Å². The van der Waals surface area contributed by atoms with Crippen LogP contribution in [0.2, 0.25) is 0 Å². The standard InChI is InChI=1S/C28H25B2N3O3/c1-17-3-10-24(18(2)13-17)27(35)36-28(29,30)22-7-4-19(5-8-22)25(15-31)26(34)33-23-9-6-21-16-32-12-11-20(21)14-23/h3-14,16,25H,15,31H2,1-2H3,(H,33,34)/t25-/m1/s1. The summed E-state index contributed by atoms with van der Waals surface area (Å²) in [5.74, 6) is -1.46. The number of rotatable bonds is 7. The van der Waals surface area contributed by atoms with Gasteiger partial charge in [0.05, 0.1) is 16.9 Å². The van der Waals surface area contributed by atoms with Crippen LogP contribution in [-0.4, -0.2) is 39.1 Å². The van der Waals surface area contributed by atoms with Gasteiger partial charge in [0.25, 0.3) is 0 Å². The number of carbonyl (C=O) groups is 2. The van der Waals surface area contributed by atoms with Crippen molar-refractivity contribution < 1.29 is 14.3 Å². The summed E-state index contributed by atoms with van der Waals surface area (Å²) < 4.78 is 5.43. The minimum absolute atomic E-state index is 0.0980. The first-order valence-electron chi connectivity index (χ1n) is 11.5. The monoisotopic (exact) mass is 473 g/mol. The van der Waals surface area contributed by atoms with Crippen molar-refractivity contribution in [2.24, 2.45) is 5.73 Å². The normalized spacial score (nSPS) is 12.2. The Balaban J connectivity index is 1.47. The topological polar surface area (TPSA) is 94.3 Å². The SMILES string of the molecule is [B]C([B])(OC(=O)c1ccc(C)cc1C)c1ccc([C@@H](CN)C(=O)Nc2ccc3cnccc3c2)cc1. The molecule has 0 aliphatic heterocycles. The summed E-state index contributed by atoms with van der Waals surface area (Å²) in [6.07, 6.45) is 3.46. The molecular formula is C28H25B2N3O3. The van der Waals surface area contributed by atoms with Crippen LogP contribution in [0.5, 0.6) is 0 Å². The smallest absolute Gasteiger partial charge is 0.337 e. The molecule has 4 aromatic rings. The van der Waals surface area contributed by atoms with Gasteiger partial charge in [0.15, 0.2) is 0 Å². The number of anilines is 1. The van der Waals surface area contributed by atoms with E-state index in [0.717, 1.165) is 21.9 Å². The average Bonchev–Trinajstić information content (AvgIpc) is 2.84. The summed E-state index contributed by atoms with van der Waals surface area (Å²) in [5.41, 5.74) is 9.85. The molecule has 0 saturated heterocycles. The largest absolute Gasteiger partial charge is 0.471 e. The van der Waals surface area contributed by atoms with Crippen LogP contribution >= 0.6 is 0 Å². The molecule has 1 heterocycles. The number of hydrogen-bond donors (Lipinski definition) is 2. The maximum atomic E-state index is 13.0. The molecule has 0 unspecified atom stereocenters. The second-order valence-electron chi connectivity index (χ2n) is 8.84. The molecule has 6 nitrogen and oxygen atoms in total. The van der Waals surface area contributed by atoms with Crippen molar-refractivity contribution in [2.75, 3.05) is 11.9 Å². The highest BCUT2D eigenvalue weighted by molar-refractivity contribution is 6.39. The molecule has 1 aromatic heterocycles. The van der Waals surface area contributed by atoms with Crippen LogP contribution < -0.4 is 11.1 Å².